The number of nitrogens with zero attached hydrogens (tertiary/aromatic N) is 2. The lowest BCUT2D eigenvalue weighted by Gasteiger charge is -2.11. The van der Waals surface area contributed by atoms with Gasteiger partial charge in [0.05, 0.1) is 23.1 Å². The van der Waals surface area contributed by atoms with E-state index in [2.05, 4.69) is 10.4 Å². The number of hydrogen-bond donors (Lipinski definition) is 1. The molecule has 3 aromatic carbocycles. The third kappa shape index (κ3) is 4.16. The molecule has 0 saturated carbocycles. The number of aromatic nitrogens is 2. The number of rotatable bonds is 4. The minimum absolute atomic E-state index is 0.330. The Balaban J connectivity index is 1.81. The molecular weight excluding hydrogens is 412 g/mol. The quantitative estimate of drug-likeness (QED) is 0.420. The summed E-state index contributed by atoms with van der Waals surface area (Å²) in [5.41, 5.74) is 2.70. The molecule has 144 valence electrons. The van der Waals surface area contributed by atoms with Crippen molar-refractivity contribution in [2.45, 2.75) is 0 Å². The van der Waals surface area contributed by atoms with Crippen molar-refractivity contribution in [2.24, 2.45) is 0 Å². The molecule has 0 atom stereocenters. The molecule has 1 heterocycles. The van der Waals surface area contributed by atoms with Crippen LogP contribution in [-0.2, 0) is 0 Å². The zero-order chi connectivity index (χ0) is 20.4. The van der Waals surface area contributed by atoms with Gasteiger partial charge >= 0.3 is 0 Å². The molecule has 0 radical (unpaired) electrons. The van der Waals surface area contributed by atoms with Crippen LogP contribution in [0.5, 0.6) is 0 Å². The number of halogens is 3. The van der Waals surface area contributed by atoms with E-state index in [0.717, 1.165) is 5.56 Å². The van der Waals surface area contributed by atoms with E-state index in [4.69, 9.17) is 23.2 Å². The Morgan fingerprint density at radius 1 is 0.931 bits per heavy atom. The molecule has 4 nitrogen and oxygen atoms in total. The van der Waals surface area contributed by atoms with Gasteiger partial charge in [0.2, 0.25) is 0 Å². The van der Waals surface area contributed by atoms with Crippen molar-refractivity contribution in [1.82, 2.24) is 9.78 Å². The first kappa shape index (κ1) is 19.2. The number of anilines is 1. The van der Waals surface area contributed by atoms with Crippen molar-refractivity contribution in [3.8, 4) is 16.9 Å². The van der Waals surface area contributed by atoms with Crippen LogP contribution in [0.1, 0.15) is 10.4 Å². The first-order chi connectivity index (χ1) is 14.0. The van der Waals surface area contributed by atoms with Crippen LogP contribution in [-0.4, -0.2) is 15.7 Å². The molecule has 4 aromatic rings. The monoisotopic (exact) mass is 425 g/mol. The fourth-order valence-corrected chi connectivity index (χ4v) is 3.28. The van der Waals surface area contributed by atoms with Gasteiger partial charge in [-0.25, -0.2) is 9.07 Å². The van der Waals surface area contributed by atoms with E-state index in [0.29, 0.717) is 32.7 Å². The van der Waals surface area contributed by atoms with E-state index in [1.807, 2.05) is 6.07 Å². The lowest BCUT2D eigenvalue weighted by atomic mass is 10.1. The summed E-state index contributed by atoms with van der Waals surface area (Å²) >= 11 is 12.2. The average Bonchev–Trinajstić information content (AvgIpc) is 3.14. The Labute approximate surface area is 176 Å². The summed E-state index contributed by atoms with van der Waals surface area (Å²) < 4.78 is 15.1. The Morgan fingerprint density at radius 2 is 1.69 bits per heavy atom. The highest BCUT2D eigenvalue weighted by molar-refractivity contribution is 6.31. The predicted molar refractivity (Wildman–Crippen MR) is 113 cm³/mol. The number of benzene rings is 3. The maximum atomic E-state index is 13.5. The maximum absolute atomic E-state index is 13.5. The number of carbonyl (C=O) groups is 1. The van der Waals surface area contributed by atoms with Crippen LogP contribution >= 0.6 is 23.2 Å². The van der Waals surface area contributed by atoms with Gasteiger partial charge in [-0.1, -0.05) is 47.5 Å². The normalized spacial score (nSPS) is 10.7. The van der Waals surface area contributed by atoms with Crippen LogP contribution in [0.3, 0.4) is 0 Å². The molecule has 0 saturated heterocycles. The van der Waals surface area contributed by atoms with Crippen LogP contribution in [0.2, 0.25) is 10.0 Å². The van der Waals surface area contributed by atoms with Crippen molar-refractivity contribution >= 4 is 34.8 Å². The number of hydrogen-bond acceptors (Lipinski definition) is 2. The number of carbonyl (C=O) groups excluding carboxylic acids is 1. The zero-order valence-electron chi connectivity index (χ0n) is 14.9. The minimum Gasteiger partial charge on any atom is -0.322 e. The van der Waals surface area contributed by atoms with Crippen molar-refractivity contribution < 1.29 is 9.18 Å². The van der Waals surface area contributed by atoms with E-state index in [-0.39, 0.29) is 0 Å². The number of amides is 1. The topological polar surface area (TPSA) is 46.9 Å². The summed E-state index contributed by atoms with van der Waals surface area (Å²) in [6, 6.07) is 19.9. The first-order valence-corrected chi connectivity index (χ1v) is 9.44. The van der Waals surface area contributed by atoms with Crippen LogP contribution < -0.4 is 5.32 Å². The van der Waals surface area contributed by atoms with Crippen molar-refractivity contribution in [3.05, 3.63) is 100 Å². The van der Waals surface area contributed by atoms with Gasteiger partial charge in [-0.2, -0.15) is 5.10 Å². The van der Waals surface area contributed by atoms with Gasteiger partial charge in [-0.15, -0.1) is 0 Å². The Hall–Kier alpha value is -3.15. The third-order valence-corrected chi connectivity index (χ3v) is 4.75. The summed E-state index contributed by atoms with van der Waals surface area (Å²) in [6.07, 6.45) is 1.47. The summed E-state index contributed by atoms with van der Waals surface area (Å²) in [6.45, 7) is 0. The van der Waals surface area contributed by atoms with E-state index in [9.17, 15) is 9.18 Å². The van der Waals surface area contributed by atoms with Crippen LogP contribution in [0.15, 0.2) is 79.0 Å². The van der Waals surface area contributed by atoms with E-state index < -0.39 is 11.7 Å². The van der Waals surface area contributed by atoms with Gasteiger partial charge in [-0.05, 0) is 48.5 Å². The SMILES string of the molecule is O=C(Nc1cccc(F)c1)c1cnn(-c2cccc(Cl)c2)c1-c1ccc(Cl)cc1. The highest BCUT2D eigenvalue weighted by Crippen LogP contribution is 2.29. The third-order valence-electron chi connectivity index (χ3n) is 4.27. The highest BCUT2D eigenvalue weighted by atomic mass is 35.5. The summed E-state index contributed by atoms with van der Waals surface area (Å²) in [4.78, 5) is 13.0. The van der Waals surface area contributed by atoms with Crippen LogP contribution in [0.25, 0.3) is 16.9 Å². The van der Waals surface area contributed by atoms with Crippen LogP contribution in [0.4, 0.5) is 10.1 Å². The van der Waals surface area contributed by atoms with Gasteiger partial charge in [0.1, 0.15) is 5.82 Å². The van der Waals surface area contributed by atoms with E-state index in [1.54, 1.807) is 53.2 Å². The summed E-state index contributed by atoms with van der Waals surface area (Å²) in [7, 11) is 0. The standard InChI is InChI=1S/C22H14Cl2FN3O/c23-15-9-7-14(8-10-15)21-20(22(29)27-18-5-2-4-17(25)12-18)13-26-28(21)19-6-1-3-16(24)11-19/h1-13H,(H,27,29). The molecule has 0 aliphatic rings. The van der Waals surface area contributed by atoms with Crippen LogP contribution in [0, 0.1) is 5.82 Å². The van der Waals surface area contributed by atoms with Crippen molar-refractivity contribution in [1.29, 1.82) is 0 Å². The molecule has 1 N–H and O–H groups in total. The first-order valence-electron chi connectivity index (χ1n) is 8.68. The lowest BCUT2D eigenvalue weighted by molar-refractivity contribution is 0.102. The summed E-state index contributed by atoms with van der Waals surface area (Å²) in [5, 5.41) is 8.23. The molecule has 1 aromatic heterocycles. The van der Waals surface area contributed by atoms with Crippen molar-refractivity contribution in [3.63, 3.8) is 0 Å². The Morgan fingerprint density at radius 3 is 2.41 bits per heavy atom. The second-order valence-electron chi connectivity index (χ2n) is 6.27. The molecule has 7 heteroatoms. The molecule has 29 heavy (non-hydrogen) atoms. The molecular formula is C22H14Cl2FN3O. The van der Waals surface area contributed by atoms with Crippen molar-refractivity contribution in [2.75, 3.05) is 5.32 Å². The predicted octanol–water partition coefficient (Wildman–Crippen LogP) is 6.24. The van der Waals surface area contributed by atoms with Gasteiger partial charge in [-0.3, -0.25) is 4.79 Å². The maximum Gasteiger partial charge on any atom is 0.259 e. The van der Waals surface area contributed by atoms with Gasteiger partial charge in [0.25, 0.3) is 5.91 Å². The second kappa shape index (κ2) is 8.07. The second-order valence-corrected chi connectivity index (χ2v) is 7.14. The zero-order valence-corrected chi connectivity index (χ0v) is 16.5. The highest BCUT2D eigenvalue weighted by Gasteiger charge is 2.20. The molecule has 0 bridgehead atoms. The molecule has 0 aliphatic carbocycles. The molecule has 0 aliphatic heterocycles. The Bertz CT molecular complexity index is 1190. The lowest BCUT2D eigenvalue weighted by Crippen LogP contribution is -2.13. The van der Waals surface area contributed by atoms with Gasteiger partial charge < -0.3 is 5.32 Å². The fourth-order valence-electron chi connectivity index (χ4n) is 2.97. The fraction of sp³-hybridized carbons (Fsp3) is 0. The van der Waals surface area contributed by atoms with E-state index in [1.165, 1.54) is 24.4 Å². The molecule has 0 unspecified atom stereocenters. The van der Waals surface area contributed by atoms with E-state index >= 15 is 0 Å². The van der Waals surface area contributed by atoms with Gasteiger partial charge in [0, 0.05) is 21.3 Å². The average molecular weight is 426 g/mol. The molecule has 0 fully saturated rings. The largest absolute Gasteiger partial charge is 0.322 e. The molecule has 1 amide bonds. The minimum atomic E-state index is -0.435. The summed E-state index contributed by atoms with van der Waals surface area (Å²) in [5.74, 6) is -0.843. The molecule has 0 spiro atoms. The Kier molecular flexibility index (Phi) is 5.34. The van der Waals surface area contributed by atoms with Gasteiger partial charge in [0.15, 0.2) is 0 Å². The molecule has 4 rings (SSSR count). The number of nitrogens with one attached hydrogen (secondary N) is 1. The smallest absolute Gasteiger partial charge is 0.259 e.